The van der Waals surface area contributed by atoms with Crippen LogP contribution in [0.2, 0.25) is 0 Å². The largest absolute Gasteiger partial charge is 0.507 e. The lowest BCUT2D eigenvalue weighted by Crippen LogP contribution is -2.36. The third-order valence-corrected chi connectivity index (χ3v) is 3.42. The molecule has 0 bridgehead atoms. The molecule has 0 amide bonds. The molecule has 0 spiro atoms. The molecule has 1 aliphatic rings. The van der Waals surface area contributed by atoms with E-state index in [2.05, 4.69) is 4.99 Å². The van der Waals surface area contributed by atoms with Gasteiger partial charge in [0.2, 0.25) is 0 Å². The summed E-state index contributed by atoms with van der Waals surface area (Å²) in [7, 11) is 1.60. The third kappa shape index (κ3) is 3.01. The molecule has 2 rings (SSSR count). The fourth-order valence-corrected chi connectivity index (χ4v) is 2.26. The molecule has 0 radical (unpaired) electrons. The van der Waals surface area contributed by atoms with E-state index in [4.69, 9.17) is 10.5 Å². The van der Waals surface area contributed by atoms with Crippen molar-refractivity contribution in [3.05, 3.63) is 23.8 Å². The minimum atomic E-state index is 0.141. The maximum Gasteiger partial charge on any atom is 0.124 e. The van der Waals surface area contributed by atoms with E-state index >= 15 is 0 Å². The van der Waals surface area contributed by atoms with Crippen molar-refractivity contribution < 1.29 is 9.84 Å². The van der Waals surface area contributed by atoms with Gasteiger partial charge < -0.3 is 15.6 Å². The number of hydrogen-bond acceptors (Lipinski definition) is 4. The number of phenolic OH excluding ortho intramolecular Hbond substituents is 1. The van der Waals surface area contributed by atoms with Crippen molar-refractivity contribution in [2.75, 3.05) is 7.11 Å². The fourth-order valence-electron chi connectivity index (χ4n) is 2.26. The summed E-state index contributed by atoms with van der Waals surface area (Å²) in [6.45, 7) is 0. The van der Waals surface area contributed by atoms with Crippen LogP contribution >= 0.6 is 0 Å². The average molecular weight is 248 g/mol. The quantitative estimate of drug-likeness (QED) is 0.805. The molecule has 0 heterocycles. The number of benzene rings is 1. The highest BCUT2D eigenvalue weighted by molar-refractivity contribution is 5.84. The summed E-state index contributed by atoms with van der Waals surface area (Å²) >= 11 is 0. The van der Waals surface area contributed by atoms with Crippen molar-refractivity contribution in [2.24, 2.45) is 10.7 Å². The summed E-state index contributed by atoms with van der Waals surface area (Å²) in [6.07, 6.45) is 6.14. The Bertz CT molecular complexity index is 432. The average Bonchev–Trinajstić information content (AvgIpc) is 2.39. The molecule has 4 nitrogen and oxygen atoms in total. The van der Waals surface area contributed by atoms with E-state index in [1.54, 1.807) is 31.5 Å². The molecule has 1 aromatic carbocycles. The second-order valence-electron chi connectivity index (χ2n) is 4.72. The molecule has 0 unspecified atom stereocenters. The van der Waals surface area contributed by atoms with Gasteiger partial charge in [0.15, 0.2) is 0 Å². The van der Waals surface area contributed by atoms with Crippen molar-refractivity contribution in [3.8, 4) is 11.5 Å². The summed E-state index contributed by atoms with van der Waals surface area (Å²) in [5, 5.41) is 9.75. The number of hydrogen-bond donors (Lipinski definition) is 2. The standard InChI is InChI=1S/C14H20N2O2/c1-18-11-6-7-14(17)10(8-11)9-16-13-5-3-2-4-12(13)15/h6-9,12-13,17H,2-5,15H2,1H3/t12-,13-/m1/s1. The number of methoxy groups -OCH3 is 1. The van der Waals surface area contributed by atoms with Gasteiger partial charge in [0, 0.05) is 17.8 Å². The van der Waals surface area contributed by atoms with Crippen molar-refractivity contribution in [1.82, 2.24) is 0 Å². The third-order valence-electron chi connectivity index (χ3n) is 3.42. The number of aliphatic imine (C=N–C) groups is 1. The predicted octanol–water partition coefficient (Wildman–Crippen LogP) is 2.09. The Morgan fingerprint density at radius 1 is 1.39 bits per heavy atom. The Hall–Kier alpha value is -1.55. The lowest BCUT2D eigenvalue weighted by molar-refractivity contribution is 0.387. The molecule has 1 aliphatic carbocycles. The van der Waals surface area contributed by atoms with E-state index in [0.717, 1.165) is 12.8 Å². The number of nitrogens with two attached hydrogens (primary N) is 1. The first-order valence-corrected chi connectivity index (χ1v) is 6.36. The molecule has 2 atom stereocenters. The molecular weight excluding hydrogens is 228 g/mol. The van der Waals surface area contributed by atoms with Crippen LogP contribution in [0.15, 0.2) is 23.2 Å². The molecular formula is C14H20N2O2. The lowest BCUT2D eigenvalue weighted by atomic mass is 9.91. The molecule has 1 saturated carbocycles. The van der Waals surface area contributed by atoms with Gasteiger partial charge in [-0.1, -0.05) is 12.8 Å². The normalized spacial score (nSPS) is 24.3. The molecule has 0 saturated heterocycles. The summed E-state index contributed by atoms with van der Waals surface area (Å²) in [5.41, 5.74) is 6.71. The summed E-state index contributed by atoms with van der Waals surface area (Å²) < 4.78 is 5.13. The molecule has 0 aliphatic heterocycles. The minimum Gasteiger partial charge on any atom is -0.507 e. The van der Waals surface area contributed by atoms with Crippen LogP contribution in [0.25, 0.3) is 0 Å². The van der Waals surface area contributed by atoms with Gasteiger partial charge in [-0.2, -0.15) is 0 Å². The number of ether oxygens (including phenoxy) is 1. The minimum absolute atomic E-state index is 0.141. The maximum absolute atomic E-state index is 9.75. The van der Waals surface area contributed by atoms with Crippen LogP contribution in [-0.2, 0) is 0 Å². The van der Waals surface area contributed by atoms with E-state index in [1.807, 2.05) is 0 Å². The molecule has 3 N–H and O–H groups in total. The first-order chi connectivity index (χ1) is 8.70. The van der Waals surface area contributed by atoms with E-state index < -0.39 is 0 Å². The zero-order valence-corrected chi connectivity index (χ0v) is 10.7. The van der Waals surface area contributed by atoms with Crippen LogP contribution in [0, 0.1) is 0 Å². The van der Waals surface area contributed by atoms with Crippen molar-refractivity contribution >= 4 is 6.21 Å². The van der Waals surface area contributed by atoms with Crippen LogP contribution in [0.3, 0.4) is 0 Å². The number of phenols is 1. The van der Waals surface area contributed by atoms with Gasteiger partial charge in [-0.15, -0.1) is 0 Å². The molecule has 18 heavy (non-hydrogen) atoms. The van der Waals surface area contributed by atoms with Gasteiger partial charge in [-0.25, -0.2) is 0 Å². The smallest absolute Gasteiger partial charge is 0.124 e. The number of nitrogens with zero attached hydrogens (tertiary/aromatic N) is 1. The van der Waals surface area contributed by atoms with Crippen molar-refractivity contribution in [2.45, 2.75) is 37.8 Å². The molecule has 1 aromatic rings. The van der Waals surface area contributed by atoms with Gasteiger partial charge in [0.05, 0.1) is 13.2 Å². The van der Waals surface area contributed by atoms with Crippen molar-refractivity contribution in [1.29, 1.82) is 0 Å². The molecule has 1 fully saturated rings. The highest BCUT2D eigenvalue weighted by Crippen LogP contribution is 2.23. The predicted molar refractivity (Wildman–Crippen MR) is 72.5 cm³/mol. The lowest BCUT2D eigenvalue weighted by Gasteiger charge is -2.25. The van der Waals surface area contributed by atoms with E-state index in [0.29, 0.717) is 11.3 Å². The maximum atomic E-state index is 9.75. The van der Waals surface area contributed by atoms with Crippen LogP contribution in [0.5, 0.6) is 11.5 Å². The summed E-state index contributed by atoms with van der Waals surface area (Å²) in [5.74, 6) is 0.922. The zero-order valence-electron chi connectivity index (χ0n) is 10.7. The first-order valence-electron chi connectivity index (χ1n) is 6.36. The summed E-state index contributed by atoms with van der Waals surface area (Å²) in [6, 6.07) is 5.42. The zero-order chi connectivity index (χ0) is 13.0. The summed E-state index contributed by atoms with van der Waals surface area (Å²) in [4.78, 5) is 4.51. The Balaban J connectivity index is 2.12. The second-order valence-corrected chi connectivity index (χ2v) is 4.72. The fraction of sp³-hybridized carbons (Fsp3) is 0.500. The van der Waals surface area contributed by atoms with Gasteiger partial charge in [0.25, 0.3) is 0 Å². The van der Waals surface area contributed by atoms with Crippen LogP contribution in [0.4, 0.5) is 0 Å². The Morgan fingerprint density at radius 3 is 2.89 bits per heavy atom. The van der Waals surface area contributed by atoms with Gasteiger partial charge in [-0.05, 0) is 31.0 Å². The van der Waals surface area contributed by atoms with Gasteiger partial charge in [-0.3, -0.25) is 4.99 Å². The Kier molecular flexibility index (Phi) is 4.20. The van der Waals surface area contributed by atoms with Gasteiger partial charge in [0.1, 0.15) is 11.5 Å². The monoisotopic (exact) mass is 248 g/mol. The molecule has 4 heteroatoms. The van der Waals surface area contributed by atoms with Gasteiger partial charge >= 0.3 is 0 Å². The second kappa shape index (κ2) is 5.87. The highest BCUT2D eigenvalue weighted by Gasteiger charge is 2.20. The van der Waals surface area contributed by atoms with Crippen LogP contribution < -0.4 is 10.5 Å². The SMILES string of the molecule is COc1ccc(O)c(C=N[C@@H]2CCCC[C@H]2N)c1. The highest BCUT2D eigenvalue weighted by atomic mass is 16.5. The Morgan fingerprint density at radius 2 is 2.17 bits per heavy atom. The Labute approximate surface area is 107 Å². The van der Waals surface area contributed by atoms with Crippen LogP contribution in [0.1, 0.15) is 31.2 Å². The van der Waals surface area contributed by atoms with E-state index in [1.165, 1.54) is 12.8 Å². The van der Waals surface area contributed by atoms with E-state index in [9.17, 15) is 5.11 Å². The molecule has 0 aromatic heterocycles. The first kappa shape index (κ1) is 12.9. The van der Waals surface area contributed by atoms with Crippen molar-refractivity contribution in [3.63, 3.8) is 0 Å². The molecule has 98 valence electrons. The van der Waals surface area contributed by atoms with Crippen LogP contribution in [-0.4, -0.2) is 30.5 Å². The van der Waals surface area contributed by atoms with E-state index in [-0.39, 0.29) is 17.8 Å². The topological polar surface area (TPSA) is 67.8 Å². The number of aromatic hydroxyl groups is 1. The number of rotatable bonds is 3.